The molecule has 8 heteroatoms. The zero-order chi connectivity index (χ0) is 20.2. The summed E-state index contributed by atoms with van der Waals surface area (Å²) in [5, 5.41) is 0. The maximum atomic E-state index is 12.8. The number of rotatable bonds is 5. The summed E-state index contributed by atoms with van der Waals surface area (Å²) >= 11 is 0. The number of hydrogen-bond donors (Lipinski definition) is 0. The van der Waals surface area contributed by atoms with Gasteiger partial charge in [-0.15, -0.1) is 0 Å². The predicted octanol–water partition coefficient (Wildman–Crippen LogP) is 1.86. The first-order valence-corrected chi connectivity index (χ1v) is 9.87. The highest BCUT2D eigenvalue weighted by Gasteiger charge is 2.29. The Morgan fingerprint density at radius 3 is 2.72 bits per heavy atom. The number of benzene rings is 1. The number of oxazole rings is 1. The normalized spacial score (nSPS) is 19.4. The lowest BCUT2D eigenvalue weighted by molar-refractivity contribution is 0.0303. The summed E-state index contributed by atoms with van der Waals surface area (Å²) < 4.78 is 15.8. The topological polar surface area (TPSA) is 85.1 Å². The predicted molar refractivity (Wildman–Crippen MR) is 104 cm³/mol. The van der Waals surface area contributed by atoms with Crippen molar-refractivity contribution in [2.45, 2.75) is 12.8 Å². The van der Waals surface area contributed by atoms with E-state index in [1.54, 1.807) is 12.0 Å². The number of aromatic nitrogens is 1. The molecule has 0 saturated carbocycles. The van der Waals surface area contributed by atoms with Crippen LogP contribution in [-0.2, 0) is 11.2 Å². The van der Waals surface area contributed by atoms with Gasteiger partial charge in [0.2, 0.25) is 0 Å². The minimum Gasteiger partial charge on any atom is -0.496 e. The lowest BCUT2D eigenvalue weighted by atomic mass is 9.96. The molecule has 3 heterocycles. The molecule has 1 aromatic heterocycles. The summed E-state index contributed by atoms with van der Waals surface area (Å²) in [5.74, 6) is 0.981. The van der Waals surface area contributed by atoms with Gasteiger partial charge in [-0.2, -0.15) is 0 Å². The summed E-state index contributed by atoms with van der Waals surface area (Å²) in [4.78, 5) is 32.9. The van der Waals surface area contributed by atoms with Gasteiger partial charge in [-0.05, 0) is 42.5 Å². The van der Waals surface area contributed by atoms with Crippen LogP contribution in [0.2, 0.25) is 0 Å². The van der Waals surface area contributed by atoms with Gasteiger partial charge < -0.3 is 23.7 Å². The van der Waals surface area contributed by atoms with Crippen molar-refractivity contribution in [2.24, 2.45) is 5.92 Å². The van der Waals surface area contributed by atoms with Crippen LogP contribution >= 0.6 is 0 Å². The molecule has 2 aromatic rings. The zero-order valence-electron chi connectivity index (χ0n) is 16.5. The fraction of sp³-hybridized carbons (Fsp3) is 0.476. The Morgan fingerprint density at radius 2 is 2.00 bits per heavy atom. The molecule has 2 amide bonds. The first-order chi connectivity index (χ1) is 14.2. The fourth-order valence-corrected chi connectivity index (χ4v) is 4.00. The second kappa shape index (κ2) is 8.65. The number of carbonyl (C=O) groups is 2. The lowest BCUT2D eigenvalue weighted by Gasteiger charge is -2.27. The molecule has 0 spiro atoms. The number of ether oxygens (including phenoxy) is 2. The molecule has 0 N–H and O–H groups in total. The highest BCUT2D eigenvalue weighted by atomic mass is 16.5. The number of morpholine rings is 1. The Balaban J connectivity index is 1.45. The van der Waals surface area contributed by atoms with Crippen LogP contribution in [0.4, 0.5) is 0 Å². The molecular weight excluding hydrogens is 374 g/mol. The summed E-state index contributed by atoms with van der Waals surface area (Å²) in [7, 11) is 1.64. The van der Waals surface area contributed by atoms with Crippen molar-refractivity contribution in [3.63, 3.8) is 0 Å². The van der Waals surface area contributed by atoms with Crippen LogP contribution in [0, 0.1) is 5.92 Å². The smallest absolute Gasteiger partial charge is 0.275 e. The van der Waals surface area contributed by atoms with Crippen LogP contribution in [0.5, 0.6) is 5.75 Å². The van der Waals surface area contributed by atoms with Gasteiger partial charge in [-0.1, -0.05) is 0 Å². The van der Waals surface area contributed by atoms with E-state index in [1.165, 1.54) is 12.7 Å². The average Bonchev–Trinajstić information content (AvgIpc) is 3.46. The molecule has 1 unspecified atom stereocenters. The second-order valence-corrected chi connectivity index (χ2v) is 7.41. The first kappa shape index (κ1) is 19.4. The Kier molecular flexibility index (Phi) is 5.80. The van der Waals surface area contributed by atoms with Crippen molar-refractivity contribution >= 4 is 11.8 Å². The number of nitrogens with zero attached hydrogens (tertiary/aromatic N) is 3. The van der Waals surface area contributed by atoms with E-state index < -0.39 is 0 Å². The van der Waals surface area contributed by atoms with E-state index in [0.29, 0.717) is 56.6 Å². The quantitative estimate of drug-likeness (QED) is 0.763. The molecule has 0 bridgehead atoms. The van der Waals surface area contributed by atoms with E-state index >= 15 is 0 Å². The van der Waals surface area contributed by atoms with E-state index in [0.717, 1.165) is 24.2 Å². The molecule has 2 aliphatic rings. The molecular formula is C21H25N3O5. The molecule has 2 saturated heterocycles. The van der Waals surface area contributed by atoms with Gasteiger partial charge in [0.15, 0.2) is 12.1 Å². The van der Waals surface area contributed by atoms with Crippen LogP contribution in [0.3, 0.4) is 0 Å². The maximum Gasteiger partial charge on any atom is 0.275 e. The zero-order valence-corrected chi connectivity index (χ0v) is 16.5. The van der Waals surface area contributed by atoms with E-state index in [2.05, 4.69) is 4.98 Å². The Bertz CT molecular complexity index is 861. The highest BCUT2D eigenvalue weighted by molar-refractivity contribution is 5.94. The van der Waals surface area contributed by atoms with Crippen molar-refractivity contribution in [2.75, 3.05) is 46.5 Å². The van der Waals surface area contributed by atoms with Crippen molar-refractivity contribution < 1.29 is 23.5 Å². The first-order valence-electron chi connectivity index (χ1n) is 9.87. The Labute approximate surface area is 169 Å². The molecule has 8 nitrogen and oxygen atoms in total. The number of methoxy groups -OCH3 is 1. The SMILES string of the molecule is COc1ccc(C(=O)N2CCOCC2)cc1CC1CCN(C(=O)c2cocn2)C1. The highest BCUT2D eigenvalue weighted by Crippen LogP contribution is 2.28. The summed E-state index contributed by atoms with van der Waals surface area (Å²) in [6, 6.07) is 5.60. The van der Waals surface area contributed by atoms with Crippen LogP contribution in [-0.4, -0.2) is 73.1 Å². The fourth-order valence-electron chi connectivity index (χ4n) is 4.00. The van der Waals surface area contributed by atoms with Crippen LogP contribution in [0.25, 0.3) is 0 Å². The van der Waals surface area contributed by atoms with Gasteiger partial charge in [0.25, 0.3) is 11.8 Å². The van der Waals surface area contributed by atoms with Gasteiger partial charge in [-0.3, -0.25) is 9.59 Å². The van der Waals surface area contributed by atoms with Crippen LogP contribution in [0.15, 0.2) is 35.3 Å². The van der Waals surface area contributed by atoms with Crippen molar-refractivity contribution in [1.82, 2.24) is 14.8 Å². The van der Waals surface area contributed by atoms with Gasteiger partial charge >= 0.3 is 0 Å². The van der Waals surface area contributed by atoms with Gasteiger partial charge in [0.05, 0.1) is 20.3 Å². The largest absolute Gasteiger partial charge is 0.496 e. The maximum absolute atomic E-state index is 12.8. The van der Waals surface area contributed by atoms with Crippen molar-refractivity contribution in [3.05, 3.63) is 47.7 Å². The van der Waals surface area contributed by atoms with Gasteiger partial charge in [0.1, 0.15) is 12.0 Å². The monoisotopic (exact) mass is 399 g/mol. The summed E-state index contributed by atoms with van der Waals surface area (Å²) in [6.45, 7) is 3.71. The third-order valence-corrected chi connectivity index (χ3v) is 5.56. The minimum atomic E-state index is -0.107. The summed E-state index contributed by atoms with van der Waals surface area (Å²) in [6.07, 6.45) is 4.28. The molecule has 1 atom stereocenters. The van der Waals surface area contributed by atoms with E-state index in [4.69, 9.17) is 13.9 Å². The minimum absolute atomic E-state index is 0.0199. The molecule has 0 radical (unpaired) electrons. The van der Waals surface area contributed by atoms with Gasteiger partial charge in [-0.25, -0.2) is 4.98 Å². The molecule has 0 aliphatic carbocycles. The molecule has 4 rings (SSSR count). The Morgan fingerprint density at radius 1 is 1.17 bits per heavy atom. The van der Waals surface area contributed by atoms with E-state index in [9.17, 15) is 9.59 Å². The van der Waals surface area contributed by atoms with Crippen molar-refractivity contribution in [3.8, 4) is 5.75 Å². The number of carbonyl (C=O) groups excluding carboxylic acids is 2. The average molecular weight is 399 g/mol. The molecule has 2 fully saturated rings. The summed E-state index contributed by atoms with van der Waals surface area (Å²) in [5.41, 5.74) is 1.99. The third-order valence-electron chi connectivity index (χ3n) is 5.56. The Hall–Kier alpha value is -2.87. The standard InChI is InChI=1S/C21H25N3O5/c1-27-19-3-2-16(20(25)23-6-8-28-9-7-23)11-17(19)10-15-4-5-24(12-15)21(26)18-13-29-14-22-18/h2-3,11,13-15H,4-10,12H2,1H3. The van der Waals surface area contributed by atoms with Crippen molar-refractivity contribution in [1.29, 1.82) is 0 Å². The second-order valence-electron chi connectivity index (χ2n) is 7.41. The lowest BCUT2D eigenvalue weighted by Crippen LogP contribution is -2.40. The van der Waals surface area contributed by atoms with E-state index in [-0.39, 0.29) is 11.8 Å². The van der Waals surface area contributed by atoms with E-state index in [1.807, 2.05) is 23.1 Å². The van der Waals surface area contributed by atoms with Gasteiger partial charge in [0, 0.05) is 31.7 Å². The number of hydrogen-bond acceptors (Lipinski definition) is 6. The van der Waals surface area contributed by atoms with Crippen LogP contribution in [0.1, 0.15) is 32.8 Å². The molecule has 29 heavy (non-hydrogen) atoms. The number of likely N-dealkylation sites (tertiary alicyclic amines) is 1. The van der Waals surface area contributed by atoms with Crippen LogP contribution < -0.4 is 4.74 Å². The molecule has 1 aromatic carbocycles. The number of amides is 2. The molecule has 154 valence electrons. The third kappa shape index (κ3) is 4.27. The molecule has 2 aliphatic heterocycles.